The Kier molecular flexibility index (Phi) is 7.16. The zero-order valence-electron chi connectivity index (χ0n) is 19.9. The molecule has 0 aromatic heterocycles. The number of nitrogens with zero attached hydrogens (tertiary/aromatic N) is 1. The summed E-state index contributed by atoms with van der Waals surface area (Å²) in [5.74, 6) is 1.21. The van der Waals surface area contributed by atoms with Crippen LogP contribution in [0.2, 0.25) is 0 Å². The van der Waals surface area contributed by atoms with Gasteiger partial charge in [-0.25, -0.2) is 8.42 Å². The van der Waals surface area contributed by atoms with Crippen LogP contribution in [0.4, 0.5) is 5.69 Å². The molecule has 1 heterocycles. The van der Waals surface area contributed by atoms with Crippen molar-refractivity contribution in [3.05, 3.63) is 77.9 Å². The molecule has 0 bridgehead atoms. The third-order valence-electron chi connectivity index (χ3n) is 5.60. The number of nitrogens with one attached hydrogen (secondary N) is 1. The highest BCUT2D eigenvalue weighted by Gasteiger charge is 2.37. The summed E-state index contributed by atoms with van der Waals surface area (Å²) >= 11 is 0. The Morgan fingerprint density at radius 2 is 1.74 bits per heavy atom. The first-order chi connectivity index (χ1) is 16.8. The standard InChI is InChI=1S/C26H28N2O6S/c1-18-7-10-22(11-8-18)35(30,31)28-17-25(34-24-12-9-19(2)15-23(24)28)26(29)27-13-14-33-21-6-4-5-20(16-21)32-3/h4-12,15-16,25H,13-14,17H2,1-3H3,(H,27,29)/t25-/m0/s1. The molecule has 1 atom stereocenters. The highest BCUT2D eigenvalue weighted by atomic mass is 32.2. The van der Waals surface area contributed by atoms with Crippen LogP contribution in [0.5, 0.6) is 17.2 Å². The van der Waals surface area contributed by atoms with Gasteiger partial charge in [0, 0.05) is 6.07 Å². The molecule has 0 spiro atoms. The lowest BCUT2D eigenvalue weighted by Crippen LogP contribution is -2.51. The van der Waals surface area contributed by atoms with Crippen LogP contribution in [0.3, 0.4) is 0 Å². The minimum atomic E-state index is -3.91. The van der Waals surface area contributed by atoms with Gasteiger partial charge in [0.1, 0.15) is 23.9 Å². The highest BCUT2D eigenvalue weighted by Crippen LogP contribution is 2.37. The molecule has 0 saturated heterocycles. The average Bonchev–Trinajstić information content (AvgIpc) is 2.86. The summed E-state index contributed by atoms with van der Waals surface area (Å²) in [6.07, 6.45) is -1.01. The molecular formula is C26H28N2O6S. The number of amides is 1. The van der Waals surface area contributed by atoms with Gasteiger partial charge in [-0.15, -0.1) is 0 Å². The molecular weight excluding hydrogens is 468 g/mol. The molecule has 8 nitrogen and oxygen atoms in total. The summed E-state index contributed by atoms with van der Waals surface area (Å²) in [4.78, 5) is 13.1. The Balaban J connectivity index is 1.47. The normalized spacial score (nSPS) is 15.1. The maximum absolute atomic E-state index is 13.5. The molecule has 1 N–H and O–H groups in total. The number of hydrogen-bond acceptors (Lipinski definition) is 6. The molecule has 4 rings (SSSR count). The maximum atomic E-state index is 13.5. The van der Waals surface area contributed by atoms with E-state index in [1.54, 1.807) is 55.6 Å². The SMILES string of the molecule is COc1cccc(OCCNC(=O)[C@@H]2CN(S(=O)(=O)c3ccc(C)cc3)c3cc(C)ccc3O2)c1. The summed E-state index contributed by atoms with van der Waals surface area (Å²) in [6, 6.07) is 19.0. The van der Waals surface area contributed by atoms with Crippen LogP contribution in [0.15, 0.2) is 71.6 Å². The lowest BCUT2D eigenvalue weighted by atomic mass is 10.1. The molecule has 35 heavy (non-hydrogen) atoms. The van der Waals surface area contributed by atoms with Gasteiger partial charge in [-0.3, -0.25) is 9.10 Å². The van der Waals surface area contributed by atoms with E-state index in [2.05, 4.69) is 5.32 Å². The summed E-state index contributed by atoms with van der Waals surface area (Å²) in [6.45, 7) is 4.07. The molecule has 0 saturated carbocycles. The molecule has 0 aliphatic carbocycles. The van der Waals surface area contributed by atoms with E-state index < -0.39 is 22.0 Å². The van der Waals surface area contributed by atoms with Crippen molar-refractivity contribution < 1.29 is 27.4 Å². The van der Waals surface area contributed by atoms with Gasteiger partial charge in [-0.1, -0.05) is 29.8 Å². The van der Waals surface area contributed by atoms with Gasteiger partial charge in [-0.05, 0) is 55.8 Å². The highest BCUT2D eigenvalue weighted by molar-refractivity contribution is 7.92. The van der Waals surface area contributed by atoms with Gasteiger partial charge in [-0.2, -0.15) is 0 Å². The van der Waals surface area contributed by atoms with Crippen LogP contribution in [0.25, 0.3) is 0 Å². The van der Waals surface area contributed by atoms with Gasteiger partial charge in [0.15, 0.2) is 6.10 Å². The van der Waals surface area contributed by atoms with Crippen molar-refractivity contribution in [1.29, 1.82) is 0 Å². The van der Waals surface area contributed by atoms with Crippen LogP contribution >= 0.6 is 0 Å². The van der Waals surface area contributed by atoms with Gasteiger partial charge in [0.25, 0.3) is 15.9 Å². The minimum absolute atomic E-state index is 0.144. The van der Waals surface area contributed by atoms with E-state index >= 15 is 0 Å². The van der Waals surface area contributed by atoms with Crippen molar-refractivity contribution in [2.45, 2.75) is 24.8 Å². The fraction of sp³-hybridized carbons (Fsp3) is 0.269. The molecule has 0 unspecified atom stereocenters. The quantitative estimate of drug-likeness (QED) is 0.480. The first-order valence-electron chi connectivity index (χ1n) is 11.2. The van der Waals surface area contributed by atoms with Crippen LogP contribution in [-0.2, 0) is 14.8 Å². The smallest absolute Gasteiger partial charge is 0.264 e. The van der Waals surface area contributed by atoms with Crippen molar-refractivity contribution in [3.8, 4) is 17.2 Å². The number of carbonyl (C=O) groups is 1. The van der Waals surface area contributed by atoms with Crippen LogP contribution < -0.4 is 23.8 Å². The predicted octanol–water partition coefficient (Wildman–Crippen LogP) is 3.46. The van der Waals surface area contributed by atoms with Crippen LogP contribution in [0, 0.1) is 13.8 Å². The second-order valence-electron chi connectivity index (χ2n) is 8.25. The molecule has 0 radical (unpaired) electrons. The number of rotatable bonds is 8. The zero-order chi connectivity index (χ0) is 25.0. The summed E-state index contributed by atoms with van der Waals surface area (Å²) in [7, 11) is -2.33. The summed E-state index contributed by atoms with van der Waals surface area (Å²) in [5.41, 5.74) is 2.25. The van der Waals surface area contributed by atoms with Crippen LogP contribution in [-0.4, -0.2) is 47.2 Å². The first-order valence-corrected chi connectivity index (χ1v) is 12.6. The monoisotopic (exact) mass is 496 g/mol. The fourth-order valence-corrected chi connectivity index (χ4v) is 5.18. The summed E-state index contributed by atoms with van der Waals surface area (Å²) in [5, 5.41) is 2.77. The number of aryl methyl sites for hydroxylation is 2. The van der Waals surface area contributed by atoms with E-state index in [0.29, 0.717) is 22.9 Å². The van der Waals surface area contributed by atoms with E-state index in [1.165, 1.54) is 4.31 Å². The Morgan fingerprint density at radius 3 is 2.49 bits per heavy atom. The Labute approximate surface area is 205 Å². The fourth-order valence-electron chi connectivity index (χ4n) is 3.71. The summed E-state index contributed by atoms with van der Waals surface area (Å²) < 4.78 is 45.0. The Bertz CT molecular complexity index is 1310. The average molecular weight is 497 g/mol. The second kappa shape index (κ2) is 10.3. The lowest BCUT2D eigenvalue weighted by Gasteiger charge is -2.35. The van der Waals surface area contributed by atoms with Gasteiger partial charge in [0.05, 0.1) is 30.8 Å². The molecule has 1 amide bonds. The Hall–Kier alpha value is -3.72. The largest absolute Gasteiger partial charge is 0.497 e. The first kappa shape index (κ1) is 24.4. The Morgan fingerprint density at radius 1 is 1.03 bits per heavy atom. The molecule has 9 heteroatoms. The van der Waals surface area contributed by atoms with E-state index in [1.807, 2.05) is 32.0 Å². The van der Waals surface area contributed by atoms with Crippen molar-refractivity contribution in [1.82, 2.24) is 5.32 Å². The molecule has 1 aliphatic rings. The molecule has 3 aromatic rings. The number of ether oxygens (including phenoxy) is 3. The predicted molar refractivity (Wildman–Crippen MR) is 133 cm³/mol. The zero-order valence-corrected chi connectivity index (χ0v) is 20.7. The van der Waals surface area contributed by atoms with Crippen molar-refractivity contribution in [3.63, 3.8) is 0 Å². The number of carbonyl (C=O) groups excluding carboxylic acids is 1. The van der Waals surface area contributed by atoms with Gasteiger partial charge >= 0.3 is 0 Å². The van der Waals surface area contributed by atoms with Crippen molar-refractivity contribution >= 4 is 21.6 Å². The number of methoxy groups -OCH3 is 1. The van der Waals surface area contributed by atoms with Gasteiger partial charge < -0.3 is 19.5 Å². The van der Waals surface area contributed by atoms with Crippen molar-refractivity contribution in [2.75, 3.05) is 31.1 Å². The molecule has 184 valence electrons. The number of sulfonamides is 1. The molecule has 1 aliphatic heterocycles. The van der Waals surface area contributed by atoms with Crippen LogP contribution in [0.1, 0.15) is 11.1 Å². The maximum Gasteiger partial charge on any atom is 0.264 e. The number of fused-ring (bicyclic) bond motifs is 1. The lowest BCUT2D eigenvalue weighted by molar-refractivity contribution is -0.127. The second-order valence-corrected chi connectivity index (χ2v) is 10.1. The van der Waals surface area contributed by atoms with E-state index in [9.17, 15) is 13.2 Å². The van der Waals surface area contributed by atoms with E-state index in [-0.39, 0.29) is 24.6 Å². The molecule has 3 aromatic carbocycles. The third-order valence-corrected chi connectivity index (χ3v) is 7.39. The van der Waals surface area contributed by atoms with Gasteiger partial charge in [0.2, 0.25) is 0 Å². The van der Waals surface area contributed by atoms with Crippen molar-refractivity contribution in [2.24, 2.45) is 0 Å². The number of anilines is 1. The van der Waals surface area contributed by atoms with E-state index in [0.717, 1.165) is 11.1 Å². The minimum Gasteiger partial charge on any atom is -0.497 e. The number of hydrogen-bond donors (Lipinski definition) is 1. The number of benzene rings is 3. The topological polar surface area (TPSA) is 94.2 Å². The molecule has 0 fully saturated rings. The van der Waals surface area contributed by atoms with E-state index in [4.69, 9.17) is 14.2 Å². The third kappa shape index (κ3) is 5.51.